The summed E-state index contributed by atoms with van der Waals surface area (Å²) >= 11 is 3.72. The van der Waals surface area contributed by atoms with E-state index in [0.717, 1.165) is 17.1 Å². The largest absolute Gasteiger partial charge is 0.310 e. The maximum atomic E-state index is 2.44. The summed E-state index contributed by atoms with van der Waals surface area (Å²) in [5, 5.41) is 5.24. The van der Waals surface area contributed by atoms with Crippen LogP contribution in [0.15, 0.2) is 212 Å². The number of fused-ring (bicyclic) bond motifs is 6. The molecule has 11 aromatic rings. The number of hydrogen-bond donors (Lipinski definition) is 0. The third-order valence-electron chi connectivity index (χ3n) is 11.1. The van der Waals surface area contributed by atoms with Crippen LogP contribution < -0.4 is 4.90 Å². The van der Waals surface area contributed by atoms with Gasteiger partial charge in [-0.1, -0.05) is 158 Å². The summed E-state index contributed by atoms with van der Waals surface area (Å²) in [4.78, 5) is 2.44. The summed E-state index contributed by atoms with van der Waals surface area (Å²) in [5.74, 6) is 0. The lowest BCUT2D eigenvalue weighted by molar-refractivity contribution is 1.29. The lowest BCUT2D eigenvalue weighted by Gasteiger charge is -2.29. The highest BCUT2D eigenvalue weighted by Crippen LogP contribution is 2.47. The van der Waals surface area contributed by atoms with Gasteiger partial charge in [-0.25, -0.2) is 0 Å². The first-order valence-electron chi connectivity index (χ1n) is 19.3. The molecule has 0 amide bonds. The number of anilines is 3. The van der Waals surface area contributed by atoms with Crippen LogP contribution in [0, 0.1) is 0 Å². The Bertz CT molecular complexity index is 3240. The summed E-state index contributed by atoms with van der Waals surface area (Å²) < 4.78 is 5.24. The fraction of sp³-hybridized carbons (Fsp3) is 0. The molecule has 0 fully saturated rings. The topological polar surface area (TPSA) is 3.24 Å². The fourth-order valence-electron chi connectivity index (χ4n) is 8.43. The average molecular weight is 762 g/mol. The van der Waals surface area contributed by atoms with E-state index in [1.165, 1.54) is 84.9 Å². The summed E-state index contributed by atoms with van der Waals surface area (Å²) in [6.07, 6.45) is 0. The van der Waals surface area contributed by atoms with Crippen molar-refractivity contribution >= 4 is 80.1 Å². The van der Waals surface area contributed by atoms with E-state index in [4.69, 9.17) is 0 Å². The van der Waals surface area contributed by atoms with E-state index in [-0.39, 0.29) is 0 Å². The highest BCUT2D eigenvalue weighted by atomic mass is 32.1. The molecular formula is C54H35NS2. The van der Waals surface area contributed by atoms with Gasteiger partial charge in [0.2, 0.25) is 0 Å². The molecule has 11 rings (SSSR count). The molecule has 0 unspecified atom stereocenters. The van der Waals surface area contributed by atoms with E-state index in [9.17, 15) is 0 Å². The van der Waals surface area contributed by atoms with Crippen LogP contribution in [0.25, 0.3) is 84.9 Å². The molecule has 0 aliphatic carbocycles. The van der Waals surface area contributed by atoms with Gasteiger partial charge in [-0.05, 0) is 93.5 Å². The van der Waals surface area contributed by atoms with Gasteiger partial charge in [0.1, 0.15) is 0 Å². The molecule has 0 saturated carbocycles. The van der Waals surface area contributed by atoms with Crippen LogP contribution in [0.2, 0.25) is 0 Å². The first-order chi connectivity index (χ1) is 28.3. The highest BCUT2D eigenvalue weighted by molar-refractivity contribution is 7.26. The zero-order valence-corrected chi connectivity index (χ0v) is 32.6. The van der Waals surface area contributed by atoms with Gasteiger partial charge in [0.15, 0.2) is 0 Å². The normalized spacial score (nSPS) is 11.5. The molecule has 3 heteroatoms. The molecule has 1 nitrogen and oxygen atoms in total. The summed E-state index contributed by atoms with van der Waals surface area (Å²) in [6, 6.07) is 77.7. The van der Waals surface area contributed by atoms with Crippen LogP contribution >= 0.6 is 22.7 Å². The van der Waals surface area contributed by atoms with Gasteiger partial charge < -0.3 is 4.90 Å². The Morgan fingerprint density at radius 3 is 1.49 bits per heavy atom. The van der Waals surface area contributed by atoms with Gasteiger partial charge in [0.25, 0.3) is 0 Å². The predicted octanol–water partition coefficient (Wildman–Crippen LogP) is 16.6. The Hall–Kier alpha value is -6.78. The van der Waals surface area contributed by atoms with Crippen molar-refractivity contribution in [1.29, 1.82) is 0 Å². The van der Waals surface area contributed by atoms with Crippen LogP contribution in [0.3, 0.4) is 0 Å². The van der Waals surface area contributed by atoms with Crippen molar-refractivity contribution in [1.82, 2.24) is 0 Å². The molecular weight excluding hydrogens is 727 g/mol. The number of rotatable bonds is 7. The standard InChI is InChI=1S/C54H35NS2/c1-2-14-37(15-3-1)41-16-4-5-17-42(41)43-18-6-7-19-44(43)45-20-8-11-23-50(45)55(40-31-32-48-46-21-9-12-24-51(46)57-54(48)35-40)39-29-26-36(27-30-39)38-28-33-53-49(34-38)47-22-10-13-25-52(47)56-53/h1-35H. The summed E-state index contributed by atoms with van der Waals surface area (Å²) in [5.41, 5.74) is 13.0. The van der Waals surface area contributed by atoms with Crippen molar-refractivity contribution in [3.05, 3.63) is 212 Å². The SMILES string of the molecule is c1ccc(-c2ccccc2-c2ccccc2-c2ccccc2N(c2ccc(-c3ccc4sc5ccccc5c4c3)cc2)c2ccc3c(c2)sc2ccccc23)cc1. The van der Waals surface area contributed by atoms with Crippen molar-refractivity contribution in [2.75, 3.05) is 4.90 Å². The van der Waals surface area contributed by atoms with Crippen molar-refractivity contribution < 1.29 is 0 Å². The first kappa shape index (κ1) is 33.5. The maximum absolute atomic E-state index is 2.44. The Kier molecular flexibility index (Phi) is 8.28. The molecule has 0 spiro atoms. The second-order valence-corrected chi connectivity index (χ2v) is 16.6. The van der Waals surface area contributed by atoms with Gasteiger partial charge in [0.05, 0.1) is 5.69 Å². The first-order valence-corrected chi connectivity index (χ1v) is 21.0. The number of thiophene rings is 2. The molecule has 0 N–H and O–H groups in total. The number of para-hydroxylation sites is 1. The lowest BCUT2D eigenvalue weighted by atomic mass is 9.88. The van der Waals surface area contributed by atoms with Crippen molar-refractivity contribution in [3.63, 3.8) is 0 Å². The number of nitrogens with zero attached hydrogens (tertiary/aromatic N) is 1. The minimum Gasteiger partial charge on any atom is -0.310 e. The van der Waals surface area contributed by atoms with Gasteiger partial charge >= 0.3 is 0 Å². The third kappa shape index (κ3) is 5.91. The third-order valence-corrected chi connectivity index (χ3v) is 13.4. The van der Waals surface area contributed by atoms with Crippen LogP contribution in [0.4, 0.5) is 17.1 Å². The monoisotopic (exact) mass is 761 g/mol. The van der Waals surface area contributed by atoms with Crippen molar-refractivity contribution in [2.45, 2.75) is 0 Å². The molecule has 9 aromatic carbocycles. The van der Waals surface area contributed by atoms with Crippen molar-refractivity contribution in [3.8, 4) is 44.5 Å². The second kappa shape index (κ2) is 14.1. The quantitative estimate of drug-likeness (QED) is 0.156. The molecule has 0 aliphatic rings. The lowest BCUT2D eigenvalue weighted by Crippen LogP contribution is -2.11. The van der Waals surface area contributed by atoms with Crippen LogP contribution in [-0.4, -0.2) is 0 Å². The molecule has 0 bridgehead atoms. The summed E-state index contributed by atoms with van der Waals surface area (Å²) in [7, 11) is 0. The van der Waals surface area contributed by atoms with Crippen LogP contribution in [0.5, 0.6) is 0 Å². The summed E-state index contributed by atoms with van der Waals surface area (Å²) in [6.45, 7) is 0. The molecule has 2 heterocycles. The fourth-order valence-corrected chi connectivity index (χ4v) is 10.7. The Morgan fingerprint density at radius 2 is 0.754 bits per heavy atom. The Labute approximate surface area is 340 Å². The average Bonchev–Trinajstić information content (AvgIpc) is 3.85. The van der Waals surface area contributed by atoms with E-state index >= 15 is 0 Å². The molecule has 0 radical (unpaired) electrons. The van der Waals surface area contributed by atoms with E-state index < -0.39 is 0 Å². The van der Waals surface area contributed by atoms with E-state index in [0.29, 0.717) is 0 Å². The minimum atomic E-state index is 1.11. The molecule has 0 aliphatic heterocycles. The molecule has 268 valence electrons. The maximum Gasteiger partial charge on any atom is 0.0540 e. The van der Waals surface area contributed by atoms with E-state index in [1.807, 2.05) is 22.7 Å². The van der Waals surface area contributed by atoms with Gasteiger partial charge in [-0.3, -0.25) is 0 Å². The highest BCUT2D eigenvalue weighted by Gasteiger charge is 2.21. The van der Waals surface area contributed by atoms with E-state index in [1.54, 1.807) is 0 Å². The van der Waals surface area contributed by atoms with Crippen LogP contribution in [0.1, 0.15) is 0 Å². The van der Waals surface area contributed by atoms with Gasteiger partial charge in [-0.15, -0.1) is 22.7 Å². The predicted molar refractivity (Wildman–Crippen MR) is 249 cm³/mol. The molecule has 57 heavy (non-hydrogen) atoms. The smallest absolute Gasteiger partial charge is 0.0540 e. The minimum absolute atomic E-state index is 1.11. The van der Waals surface area contributed by atoms with E-state index in [2.05, 4.69) is 217 Å². The Morgan fingerprint density at radius 1 is 0.263 bits per heavy atom. The molecule has 2 aromatic heterocycles. The number of hydrogen-bond acceptors (Lipinski definition) is 3. The van der Waals surface area contributed by atoms with Crippen molar-refractivity contribution in [2.24, 2.45) is 0 Å². The van der Waals surface area contributed by atoms with Gasteiger partial charge in [-0.2, -0.15) is 0 Å². The zero-order valence-electron chi connectivity index (χ0n) is 31.0. The molecule has 0 atom stereocenters. The second-order valence-electron chi connectivity index (χ2n) is 14.4. The zero-order chi connectivity index (χ0) is 37.7. The number of benzene rings is 9. The van der Waals surface area contributed by atoms with Crippen LogP contribution in [-0.2, 0) is 0 Å². The van der Waals surface area contributed by atoms with Gasteiger partial charge in [0, 0.05) is 57.3 Å². The molecule has 0 saturated heterocycles. The Balaban J connectivity index is 1.08.